The second-order valence-electron chi connectivity index (χ2n) is 17.5. The van der Waals surface area contributed by atoms with Crippen molar-refractivity contribution in [3.8, 4) is 0 Å². The number of unbranched alkanes of at least 4 members (excludes halogenated alkanes) is 15. The van der Waals surface area contributed by atoms with Gasteiger partial charge in [0.25, 0.3) is 0 Å². The molecule has 0 saturated heterocycles. The van der Waals surface area contributed by atoms with Crippen molar-refractivity contribution in [2.45, 2.75) is 193 Å². The highest BCUT2D eigenvalue weighted by atomic mass is 16.5. The Morgan fingerprint density at radius 2 is 1.11 bits per heavy atom. The lowest BCUT2D eigenvalue weighted by atomic mass is 9.84. The lowest BCUT2D eigenvalue weighted by Gasteiger charge is -2.20. The lowest BCUT2D eigenvalue weighted by molar-refractivity contribution is -0.142. The van der Waals surface area contributed by atoms with Gasteiger partial charge < -0.3 is 46.9 Å². The molecule has 65 heavy (non-hydrogen) atoms. The number of ether oxygens (including phenoxy) is 2. The molecule has 0 aromatic heterocycles. The van der Waals surface area contributed by atoms with Crippen molar-refractivity contribution in [2.24, 2.45) is 29.2 Å². The van der Waals surface area contributed by atoms with Crippen LogP contribution in [-0.4, -0.2) is 114 Å². The summed E-state index contributed by atoms with van der Waals surface area (Å²) in [7, 11) is 0. The molecule has 4 atom stereocenters. The smallest absolute Gasteiger partial charge is 0.326 e. The number of amides is 3. The number of carbonyl (C=O) groups excluding carboxylic acids is 6. The molecule has 0 rings (SSSR count). The Balaban J connectivity index is 0. The van der Waals surface area contributed by atoms with Crippen LogP contribution in [-0.2, 0) is 47.8 Å². The van der Waals surface area contributed by atoms with Gasteiger partial charge in [0.05, 0.1) is 19.8 Å². The van der Waals surface area contributed by atoms with Crippen LogP contribution in [0.3, 0.4) is 0 Å². The molecule has 3 amide bonds. The number of primary amides is 1. The van der Waals surface area contributed by atoms with Crippen LogP contribution in [0.5, 0.6) is 0 Å². The molecule has 0 heterocycles. The zero-order valence-electron chi connectivity index (χ0n) is 39.6. The highest BCUT2D eigenvalue weighted by molar-refractivity contribution is 5.91. The summed E-state index contributed by atoms with van der Waals surface area (Å²) in [6.45, 7) is 2.56. The van der Waals surface area contributed by atoms with Crippen LogP contribution in [0.1, 0.15) is 188 Å². The molecule has 9 N–H and O–H groups in total. The van der Waals surface area contributed by atoms with Crippen molar-refractivity contribution in [1.82, 2.24) is 10.6 Å². The van der Waals surface area contributed by atoms with Crippen molar-refractivity contribution in [3.63, 3.8) is 0 Å². The minimum absolute atomic E-state index is 0. The number of carboxylic acids is 2. The van der Waals surface area contributed by atoms with E-state index in [4.69, 9.17) is 26.0 Å². The van der Waals surface area contributed by atoms with Crippen molar-refractivity contribution in [3.05, 3.63) is 0 Å². The molecule has 0 spiro atoms. The average molecular weight is 929 g/mol. The largest absolute Gasteiger partial charge is 0.481 e. The molecule has 0 saturated carbocycles. The third-order valence-electron chi connectivity index (χ3n) is 11.6. The molecule has 0 bridgehead atoms. The van der Waals surface area contributed by atoms with Gasteiger partial charge in [-0.2, -0.15) is 0 Å². The second kappa shape index (κ2) is 41.6. The third kappa shape index (κ3) is 37.0. The van der Waals surface area contributed by atoms with E-state index in [1.807, 2.05) is 0 Å². The summed E-state index contributed by atoms with van der Waals surface area (Å²) >= 11 is 0. The molecular weight excluding hydrogens is 841 g/mol. The Hall–Kier alpha value is -3.80. The van der Waals surface area contributed by atoms with Crippen LogP contribution < -0.4 is 22.1 Å². The van der Waals surface area contributed by atoms with E-state index < -0.39 is 41.6 Å². The fourth-order valence-corrected chi connectivity index (χ4v) is 7.40. The fourth-order valence-electron chi connectivity index (χ4n) is 7.40. The predicted octanol–water partition coefficient (Wildman–Crippen LogP) is 5.97. The van der Waals surface area contributed by atoms with Gasteiger partial charge in [0.2, 0.25) is 17.7 Å². The topological polar surface area (TPSA) is 292 Å². The van der Waals surface area contributed by atoms with Crippen molar-refractivity contribution in [2.75, 3.05) is 46.1 Å². The Labute approximate surface area is 389 Å². The Kier molecular flexibility index (Phi) is 39.2. The van der Waals surface area contributed by atoms with Crippen LogP contribution in [0.2, 0.25) is 0 Å². The van der Waals surface area contributed by atoms with E-state index in [1.165, 1.54) is 38.5 Å². The van der Waals surface area contributed by atoms with Gasteiger partial charge in [-0.1, -0.05) is 96.8 Å². The number of carboxylic acid groups (broad SMARTS) is 2. The van der Waals surface area contributed by atoms with Gasteiger partial charge in [0.1, 0.15) is 30.0 Å². The number of hydrogen-bond donors (Lipinski definition) is 7. The maximum atomic E-state index is 13.2. The van der Waals surface area contributed by atoms with Gasteiger partial charge in [0, 0.05) is 70.9 Å². The molecular formula is C48H88N4O13. The molecule has 0 aromatic rings. The third-order valence-corrected chi connectivity index (χ3v) is 11.6. The van der Waals surface area contributed by atoms with Gasteiger partial charge in [-0.3, -0.25) is 33.6 Å². The standard InChI is InChI=1S/C48H86N4O13.H2/c1-37(35-53)42(55)33-38(43(56)34-39(47(50)61)22-16-18-28-49)21-17-19-29-51-45(58)36-65-32-31-64-30-20-23-40(54)26-27-41(48(62)63)52-44(57)24-14-12-10-8-6-4-2-3-5-7-9-11-13-15-25-46(59)60;/h37-39,41,53H,2-36,49H2,1H3,(H2,50,61)(H,51,58)(H,52,57)(H,59,60)(H,62,63);1H/t37-,38-,39-,41+;/m1./s1. The summed E-state index contributed by atoms with van der Waals surface area (Å²) in [6, 6.07) is -1.12. The minimum Gasteiger partial charge on any atom is -0.481 e. The summed E-state index contributed by atoms with van der Waals surface area (Å²) in [4.78, 5) is 96.9. The van der Waals surface area contributed by atoms with E-state index in [1.54, 1.807) is 6.92 Å². The number of hydrogen-bond acceptors (Lipinski definition) is 12. The Morgan fingerprint density at radius 3 is 1.66 bits per heavy atom. The number of aliphatic hydroxyl groups excluding tert-OH is 1. The van der Waals surface area contributed by atoms with Crippen LogP contribution in [0, 0.1) is 17.8 Å². The van der Waals surface area contributed by atoms with Crippen molar-refractivity contribution >= 4 is 47.0 Å². The number of nitrogens with two attached hydrogens (primary N) is 2. The summed E-state index contributed by atoms with van der Waals surface area (Å²) in [5.74, 6) is -5.50. The highest BCUT2D eigenvalue weighted by Crippen LogP contribution is 2.23. The fraction of sp³-hybridized carbons (Fsp3) is 0.833. The molecule has 0 aliphatic heterocycles. The quantitative estimate of drug-likeness (QED) is 0.0346. The van der Waals surface area contributed by atoms with E-state index in [9.17, 15) is 48.6 Å². The first kappa shape index (κ1) is 61.2. The highest BCUT2D eigenvalue weighted by Gasteiger charge is 2.28. The van der Waals surface area contributed by atoms with Crippen LogP contribution >= 0.6 is 0 Å². The number of aliphatic carboxylic acids is 2. The monoisotopic (exact) mass is 929 g/mol. The van der Waals surface area contributed by atoms with Crippen LogP contribution in [0.15, 0.2) is 0 Å². The molecule has 0 aromatic carbocycles. The van der Waals surface area contributed by atoms with Crippen LogP contribution in [0.4, 0.5) is 0 Å². The number of Topliss-reactive ketones (excluding diaryl/α,β-unsaturated/α-hetero) is 3. The molecule has 0 aliphatic rings. The molecule has 0 fully saturated rings. The van der Waals surface area contributed by atoms with E-state index in [0.29, 0.717) is 64.5 Å². The number of carbonyl (C=O) groups is 8. The van der Waals surface area contributed by atoms with Gasteiger partial charge in [0.15, 0.2) is 0 Å². The Morgan fingerprint density at radius 1 is 0.569 bits per heavy atom. The number of rotatable bonds is 48. The summed E-state index contributed by atoms with van der Waals surface area (Å²) in [5, 5.41) is 32.9. The first-order chi connectivity index (χ1) is 31.2. The minimum atomic E-state index is -1.17. The molecule has 378 valence electrons. The zero-order chi connectivity index (χ0) is 48.5. The van der Waals surface area contributed by atoms with Gasteiger partial charge in [-0.05, 0) is 57.9 Å². The number of aliphatic hydroxyl groups is 1. The summed E-state index contributed by atoms with van der Waals surface area (Å²) in [5.41, 5.74) is 11.1. The average Bonchev–Trinajstić information content (AvgIpc) is 3.26. The summed E-state index contributed by atoms with van der Waals surface area (Å²) < 4.78 is 10.9. The van der Waals surface area contributed by atoms with E-state index in [2.05, 4.69) is 10.6 Å². The maximum absolute atomic E-state index is 13.2. The molecule has 0 radical (unpaired) electrons. The number of ketones is 3. The first-order valence-corrected chi connectivity index (χ1v) is 24.5. The first-order valence-electron chi connectivity index (χ1n) is 24.5. The predicted molar refractivity (Wildman–Crippen MR) is 250 cm³/mol. The Bertz CT molecular complexity index is 1360. The van der Waals surface area contributed by atoms with Gasteiger partial charge in [-0.15, -0.1) is 0 Å². The van der Waals surface area contributed by atoms with Gasteiger partial charge >= 0.3 is 11.9 Å². The number of nitrogens with one attached hydrogen (secondary N) is 2. The van der Waals surface area contributed by atoms with Crippen molar-refractivity contribution in [1.29, 1.82) is 0 Å². The van der Waals surface area contributed by atoms with E-state index in [0.717, 1.165) is 44.9 Å². The van der Waals surface area contributed by atoms with Gasteiger partial charge in [-0.25, -0.2) is 4.79 Å². The van der Waals surface area contributed by atoms with Crippen molar-refractivity contribution < 1.29 is 64.6 Å². The normalized spacial score (nSPS) is 13.1. The molecule has 17 heteroatoms. The van der Waals surface area contributed by atoms with E-state index in [-0.39, 0.29) is 109 Å². The lowest BCUT2D eigenvalue weighted by Crippen LogP contribution is -2.41. The SMILES string of the molecule is C[C@H](CO)C(=O)C[C@@H](CCCCNC(=O)COCCOCCCC(=O)CC[C@H](NC(=O)CCCCCCCCCCCCCCCCC(=O)O)C(=O)O)C(=O)C[C@@H](CCCCN)C(N)=O.[HH]. The summed E-state index contributed by atoms with van der Waals surface area (Å²) in [6.07, 6.45) is 19.4. The molecule has 17 nitrogen and oxygen atoms in total. The van der Waals surface area contributed by atoms with E-state index >= 15 is 0 Å². The molecule has 0 aliphatic carbocycles. The van der Waals surface area contributed by atoms with Crippen LogP contribution in [0.25, 0.3) is 0 Å². The maximum Gasteiger partial charge on any atom is 0.326 e. The zero-order valence-corrected chi connectivity index (χ0v) is 39.6. The molecule has 0 unspecified atom stereocenters. The second-order valence-corrected chi connectivity index (χ2v) is 17.5.